The molecule has 0 saturated heterocycles. The maximum Gasteiger partial charge on any atom is 0.227 e. The third-order valence-corrected chi connectivity index (χ3v) is 2.17. The zero-order chi connectivity index (χ0) is 11.1. The Hall–Kier alpha value is -0.720. The fraction of sp³-hybridized carbons (Fsp3) is 1.00. The highest BCUT2D eigenvalue weighted by Gasteiger charge is 2.28. The van der Waals surface area contributed by atoms with Crippen LogP contribution in [0.4, 0.5) is 0 Å². The van der Waals surface area contributed by atoms with Crippen molar-refractivity contribution in [3.63, 3.8) is 0 Å². The van der Waals surface area contributed by atoms with E-state index in [-0.39, 0.29) is 17.1 Å². The van der Waals surface area contributed by atoms with Crippen molar-refractivity contribution < 1.29 is 14.5 Å². The van der Waals surface area contributed by atoms with Crippen LogP contribution in [0, 0.1) is 10.1 Å². The summed E-state index contributed by atoms with van der Waals surface area (Å²) in [6, 6.07) is -1.04. The summed E-state index contributed by atoms with van der Waals surface area (Å²) in [5, 5.41) is 10.6. The van der Waals surface area contributed by atoms with Gasteiger partial charge >= 0.3 is 0 Å². The molecule has 0 aliphatic carbocycles. The summed E-state index contributed by atoms with van der Waals surface area (Å²) in [6.07, 6.45) is 0.497. The van der Waals surface area contributed by atoms with Crippen LogP contribution in [-0.2, 0) is 9.57 Å². The lowest BCUT2D eigenvalue weighted by Gasteiger charge is -2.21. The van der Waals surface area contributed by atoms with E-state index in [0.717, 1.165) is 0 Å². The first-order chi connectivity index (χ1) is 6.52. The number of ether oxygens (including phenoxy) is 1. The lowest BCUT2D eigenvalue weighted by atomic mass is 10.0. The zero-order valence-electron chi connectivity index (χ0n) is 9.02. The van der Waals surface area contributed by atoms with Crippen LogP contribution in [0.5, 0.6) is 0 Å². The van der Waals surface area contributed by atoms with E-state index in [9.17, 15) is 10.1 Å². The molecule has 0 radical (unpaired) electrons. The molecule has 0 amide bonds. The Kier molecular flexibility index (Phi) is 6.35. The summed E-state index contributed by atoms with van der Waals surface area (Å²) < 4.78 is 5.04. The van der Waals surface area contributed by atoms with Crippen LogP contribution in [-0.4, -0.2) is 37.3 Å². The number of nitrogens with zero attached hydrogens (tertiary/aromatic N) is 1. The SMILES string of the molecule is CONC(CC(C)OC)C(C)[N+](=O)[O-]. The predicted octanol–water partition coefficient (Wildman–Crippen LogP) is 0.596. The molecule has 0 aliphatic heterocycles. The van der Waals surface area contributed by atoms with Crippen LogP contribution in [0.1, 0.15) is 20.3 Å². The van der Waals surface area contributed by atoms with Gasteiger partial charge in [0.05, 0.1) is 13.2 Å². The average Bonchev–Trinajstić information content (AvgIpc) is 2.15. The number of hydroxylamine groups is 1. The van der Waals surface area contributed by atoms with E-state index in [1.807, 2.05) is 6.92 Å². The lowest BCUT2D eigenvalue weighted by molar-refractivity contribution is -0.524. The number of hydrogen-bond acceptors (Lipinski definition) is 5. The van der Waals surface area contributed by atoms with E-state index in [0.29, 0.717) is 6.42 Å². The van der Waals surface area contributed by atoms with Crippen molar-refractivity contribution in [3.05, 3.63) is 10.1 Å². The Bertz CT molecular complexity index is 177. The minimum Gasteiger partial charge on any atom is -0.382 e. The highest BCUT2D eigenvalue weighted by molar-refractivity contribution is 4.72. The van der Waals surface area contributed by atoms with Crippen molar-refractivity contribution in [2.75, 3.05) is 14.2 Å². The predicted molar refractivity (Wildman–Crippen MR) is 51.5 cm³/mol. The Labute approximate surface area is 83.7 Å². The lowest BCUT2D eigenvalue weighted by Crippen LogP contribution is -2.43. The minimum absolute atomic E-state index is 0.0370. The molecular weight excluding hydrogens is 188 g/mol. The molecule has 3 atom stereocenters. The largest absolute Gasteiger partial charge is 0.382 e. The van der Waals surface area contributed by atoms with Crippen LogP contribution < -0.4 is 5.48 Å². The molecule has 6 heteroatoms. The van der Waals surface area contributed by atoms with E-state index in [1.165, 1.54) is 7.11 Å². The molecule has 0 aliphatic rings. The Morgan fingerprint density at radius 3 is 2.36 bits per heavy atom. The molecule has 1 N–H and O–H groups in total. The summed E-state index contributed by atoms with van der Waals surface area (Å²) in [5.41, 5.74) is 2.61. The van der Waals surface area contributed by atoms with Gasteiger partial charge in [-0.3, -0.25) is 10.1 Å². The summed E-state index contributed by atoms with van der Waals surface area (Å²) in [6.45, 7) is 3.40. The Balaban J connectivity index is 4.20. The second kappa shape index (κ2) is 6.69. The van der Waals surface area contributed by atoms with Gasteiger partial charge in [0.25, 0.3) is 0 Å². The van der Waals surface area contributed by atoms with Gasteiger partial charge in [0, 0.05) is 19.0 Å². The molecule has 0 rings (SSSR count). The van der Waals surface area contributed by atoms with Crippen molar-refractivity contribution >= 4 is 0 Å². The molecule has 84 valence electrons. The van der Waals surface area contributed by atoms with Gasteiger partial charge in [0.15, 0.2) is 0 Å². The zero-order valence-corrected chi connectivity index (χ0v) is 9.02. The molecule has 0 aromatic carbocycles. The summed E-state index contributed by atoms with van der Waals surface area (Å²) in [7, 11) is 3.02. The highest BCUT2D eigenvalue weighted by atomic mass is 16.6. The molecule has 0 aromatic rings. The Morgan fingerprint density at radius 1 is 1.43 bits per heavy atom. The highest BCUT2D eigenvalue weighted by Crippen LogP contribution is 2.07. The van der Waals surface area contributed by atoms with Crippen LogP contribution in [0.25, 0.3) is 0 Å². The quantitative estimate of drug-likeness (QED) is 0.487. The summed E-state index contributed by atoms with van der Waals surface area (Å²) >= 11 is 0. The van der Waals surface area contributed by atoms with Gasteiger partial charge in [0.2, 0.25) is 6.04 Å². The van der Waals surface area contributed by atoms with Gasteiger partial charge in [-0.15, -0.1) is 0 Å². The van der Waals surface area contributed by atoms with E-state index in [4.69, 9.17) is 9.57 Å². The van der Waals surface area contributed by atoms with Crippen molar-refractivity contribution in [3.8, 4) is 0 Å². The molecule has 3 unspecified atom stereocenters. The maximum atomic E-state index is 10.6. The maximum absolute atomic E-state index is 10.6. The normalized spacial score (nSPS) is 17.4. The van der Waals surface area contributed by atoms with Crippen molar-refractivity contribution in [1.29, 1.82) is 0 Å². The van der Waals surface area contributed by atoms with Crippen LogP contribution in [0.2, 0.25) is 0 Å². The second-order valence-electron chi connectivity index (χ2n) is 3.24. The smallest absolute Gasteiger partial charge is 0.227 e. The monoisotopic (exact) mass is 206 g/mol. The molecule has 0 aromatic heterocycles. The van der Waals surface area contributed by atoms with Crippen LogP contribution >= 0.6 is 0 Å². The third kappa shape index (κ3) is 4.50. The number of nitro groups is 1. The van der Waals surface area contributed by atoms with Gasteiger partial charge < -0.3 is 9.57 Å². The second-order valence-corrected chi connectivity index (χ2v) is 3.24. The molecule has 0 bridgehead atoms. The standard InChI is InChI=1S/C8H18N2O4/c1-6(13-3)5-8(9-14-4)7(2)10(11)12/h6-9H,5H2,1-4H3. The van der Waals surface area contributed by atoms with Crippen LogP contribution in [0.15, 0.2) is 0 Å². The summed E-state index contributed by atoms with van der Waals surface area (Å²) in [5.74, 6) is 0. The van der Waals surface area contributed by atoms with Crippen molar-refractivity contribution in [1.82, 2.24) is 5.48 Å². The number of hydrogen-bond donors (Lipinski definition) is 1. The van der Waals surface area contributed by atoms with Crippen molar-refractivity contribution in [2.24, 2.45) is 0 Å². The number of rotatable bonds is 7. The van der Waals surface area contributed by atoms with Gasteiger partial charge in [-0.05, 0) is 13.3 Å². The fourth-order valence-electron chi connectivity index (χ4n) is 1.10. The third-order valence-electron chi connectivity index (χ3n) is 2.17. The van der Waals surface area contributed by atoms with E-state index >= 15 is 0 Å². The molecule has 14 heavy (non-hydrogen) atoms. The van der Waals surface area contributed by atoms with Gasteiger partial charge in [-0.1, -0.05) is 0 Å². The fourth-order valence-corrected chi connectivity index (χ4v) is 1.10. The minimum atomic E-state index is -0.701. The van der Waals surface area contributed by atoms with Gasteiger partial charge in [-0.25, -0.2) is 0 Å². The number of nitrogens with one attached hydrogen (secondary N) is 1. The molecular formula is C8H18N2O4. The molecule has 6 nitrogen and oxygen atoms in total. The van der Waals surface area contributed by atoms with Gasteiger partial charge in [0.1, 0.15) is 6.04 Å². The average molecular weight is 206 g/mol. The molecule has 0 saturated carbocycles. The molecule has 0 fully saturated rings. The topological polar surface area (TPSA) is 73.6 Å². The van der Waals surface area contributed by atoms with Crippen LogP contribution in [0.3, 0.4) is 0 Å². The summed E-state index contributed by atoms with van der Waals surface area (Å²) in [4.78, 5) is 14.9. The molecule has 0 spiro atoms. The van der Waals surface area contributed by atoms with E-state index < -0.39 is 6.04 Å². The first-order valence-electron chi connectivity index (χ1n) is 4.47. The van der Waals surface area contributed by atoms with E-state index in [1.54, 1.807) is 14.0 Å². The van der Waals surface area contributed by atoms with Gasteiger partial charge in [-0.2, -0.15) is 5.48 Å². The van der Waals surface area contributed by atoms with Crippen molar-refractivity contribution in [2.45, 2.75) is 38.5 Å². The number of methoxy groups -OCH3 is 1. The first-order valence-corrected chi connectivity index (χ1v) is 4.47. The first kappa shape index (κ1) is 13.3. The Morgan fingerprint density at radius 2 is 2.00 bits per heavy atom. The van der Waals surface area contributed by atoms with E-state index in [2.05, 4.69) is 5.48 Å². The molecule has 0 heterocycles.